The molecule has 3 heterocycles. The standard InChI is InChI=1S/C40H35BN2O2/c1-39(2)40(3,4)45-41(44-39)38-13-7-12-34(27-38)32-10-5-8-30(22-32)31-9-6-11-33(23-31)37-25-35(28-14-18-42-19-15-28)24-36(26-37)29-16-20-43-21-17-29/h5-27H,1-4H3. The maximum atomic E-state index is 6.33. The first-order valence-electron chi connectivity index (χ1n) is 15.4. The first kappa shape index (κ1) is 28.9. The Kier molecular flexibility index (Phi) is 7.44. The van der Waals surface area contributed by atoms with Crippen molar-refractivity contribution >= 4 is 12.6 Å². The van der Waals surface area contributed by atoms with E-state index in [0.29, 0.717) is 0 Å². The summed E-state index contributed by atoms with van der Waals surface area (Å²) in [5.74, 6) is 0. The van der Waals surface area contributed by atoms with Gasteiger partial charge < -0.3 is 9.31 Å². The van der Waals surface area contributed by atoms with E-state index in [9.17, 15) is 0 Å². The van der Waals surface area contributed by atoms with E-state index in [1.807, 2.05) is 24.8 Å². The Hall–Kier alpha value is -4.84. The predicted molar refractivity (Wildman–Crippen MR) is 185 cm³/mol. The van der Waals surface area contributed by atoms with Gasteiger partial charge in [0.05, 0.1) is 11.2 Å². The van der Waals surface area contributed by atoms with Crippen LogP contribution in [0, 0.1) is 0 Å². The van der Waals surface area contributed by atoms with Crippen molar-refractivity contribution in [2.24, 2.45) is 0 Å². The van der Waals surface area contributed by atoms with Crippen molar-refractivity contribution in [3.05, 3.63) is 140 Å². The molecule has 220 valence electrons. The van der Waals surface area contributed by atoms with Gasteiger partial charge in [-0.15, -0.1) is 0 Å². The van der Waals surface area contributed by atoms with Gasteiger partial charge >= 0.3 is 7.12 Å². The molecule has 0 spiro atoms. The van der Waals surface area contributed by atoms with Gasteiger partial charge in [0.15, 0.2) is 0 Å². The highest BCUT2D eigenvalue weighted by atomic mass is 16.7. The minimum absolute atomic E-state index is 0.379. The predicted octanol–water partition coefficient (Wildman–Crippen LogP) is 9.11. The van der Waals surface area contributed by atoms with Crippen molar-refractivity contribution in [1.82, 2.24) is 9.97 Å². The first-order valence-corrected chi connectivity index (χ1v) is 15.4. The van der Waals surface area contributed by atoms with Gasteiger partial charge in [0.25, 0.3) is 0 Å². The van der Waals surface area contributed by atoms with E-state index in [2.05, 4.69) is 153 Å². The van der Waals surface area contributed by atoms with E-state index in [0.717, 1.165) is 61.1 Å². The highest BCUT2D eigenvalue weighted by molar-refractivity contribution is 6.62. The van der Waals surface area contributed by atoms with E-state index < -0.39 is 7.12 Å². The molecule has 0 amide bonds. The van der Waals surface area contributed by atoms with Crippen molar-refractivity contribution in [3.63, 3.8) is 0 Å². The molecule has 0 saturated carbocycles. The molecule has 7 rings (SSSR count). The normalized spacial score (nSPS) is 15.2. The smallest absolute Gasteiger partial charge is 0.399 e. The number of hydrogen-bond donors (Lipinski definition) is 0. The molecule has 1 saturated heterocycles. The summed E-state index contributed by atoms with van der Waals surface area (Å²) < 4.78 is 12.7. The van der Waals surface area contributed by atoms with Gasteiger partial charge in [0.2, 0.25) is 0 Å². The number of rotatable bonds is 6. The largest absolute Gasteiger partial charge is 0.494 e. The van der Waals surface area contributed by atoms with E-state index in [1.54, 1.807) is 0 Å². The lowest BCUT2D eigenvalue weighted by atomic mass is 9.78. The molecule has 4 aromatic carbocycles. The number of aromatic nitrogens is 2. The molecule has 45 heavy (non-hydrogen) atoms. The van der Waals surface area contributed by atoms with Gasteiger partial charge in [-0.25, -0.2) is 0 Å². The molecule has 1 aliphatic rings. The molecule has 2 aromatic heterocycles. The third kappa shape index (κ3) is 5.85. The van der Waals surface area contributed by atoms with Gasteiger partial charge in [-0.2, -0.15) is 0 Å². The lowest BCUT2D eigenvalue weighted by molar-refractivity contribution is 0.00578. The Bertz CT molecular complexity index is 1900. The Morgan fingerprint density at radius 1 is 0.400 bits per heavy atom. The summed E-state index contributed by atoms with van der Waals surface area (Å²) in [5.41, 5.74) is 11.8. The van der Waals surface area contributed by atoms with Crippen LogP contribution in [-0.4, -0.2) is 28.3 Å². The summed E-state index contributed by atoms with van der Waals surface area (Å²) >= 11 is 0. The average molecular weight is 587 g/mol. The van der Waals surface area contributed by atoms with Crippen LogP contribution in [0.25, 0.3) is 55.6 Å². The molecule has 0 radical (unpaired) electrons. The molecular formula is C40H35BN2O2. The first-order chi connectivity index (χ1) is 21.8. The second-order valence-electron chi connectivity index (χ2n) is 12.6. The van der Waals surface area contributed by atoms with E-state index in [4.69, 9.17) is 9.31 Å². The summed E-state index contributed by atoms with van der Waals surface area (Å²) in [6, 6.07) is 41.0. The summed E-state index contributed by atoms with van der Waals surface area (Å²) in [6.45, 7) is 8.35. The molecule has 0 N–H and O–H groups in total. The van der Waals surface area contributed by atoms with Crippen LogP contribution in [0.5, 0.6) is 0 Å². The highest BCUT2D eigenvalue weighted by Gasteiger charge is 2.51. The zero-order valence-corrected chi connectivity index (χ0v) is 26.1. The van der Waals surface area contributed by atoms with Crippen LogP contribution >= 0.6 is 0 Å². The van der Waals surface area contributed by atoms with E-state index in [1.165, 1.54) is 0 Å². The van der Waals surface area contributed by atoms with Gasteiger partial charge in [-0.1, -0.05) is 60.7 Å². The zero-order valence-electron chi connectivity index (χ0n) is 26.1. The molecular weight excluding hydrogens is 551 g/mol. The van der Waals surface area contributed by atoms with Crippen LogP contribution < -0.4 is 5.46 Å². The van der Waals surface area contributed by atoms with Crippen molar-refractivity contribution in [2.45, 2.75) is 38.9 Å². The molecule has 1 aliphatic heterocycles. The molecule has 0 unspecified atom stereocenters. The van der Waals surface area contributed by atoms with Crippen LogP contribution in [0.2, 0.25) is 0 Å². The Balaban J connectivity index is 1.24. The number of hydrogen-bond acceptors (Lipinski definition) is 4. The topological polar surface area (TPSA) is 44.2 Å². The zero-order chi connectivity index (χ0) is 31.0. The second-order valence-corrected chi connectivity index (χ2v) is 12.6. The summed E-state index contributed by atoms with van der Waals surface area (Å²) in [5, 5.41) is 0. The van der Waals surface area contributed by atoms with Crippen LogP contribution in [0.15, 0.2) is 140 Å². The molecule has 4 nitrogen and oxygen atoms in total. The van der Waals surface area contributed by atoms with Crippen LogP contribution in [0.1, 0.15) is 27.7 Å². The van der Waals surface area contributed by atoms with Crippen molar-refractivity contribution in [3.8, 4) is 55.6 Å². The van der Waals surface area contributed by atoms with Crippen molar-refractivity contribution in [2.75, 3.05) is 0 Å². The van der Waals surface area contributed by atoms with Crippen LogP contribution in [0.3, 0.4) is 0 Å². The Morgan fingerprint density at radius 3 is 1.18 bits per heavy atom. The molecule has 1 fully saturated rings. The second kappa shape index (κ2) is 11.6. The van der Waals surface area contributed by atoms with Gasteiger partial charge in [0.1, 0.15) is 0 Å². The summed E-state index contributed by atoms with van der Waals surface area (Å²) in [6.07, 6.45) is 7.36. The van der Waals surface area contributed by atoms with Crippen LogP contribution in [-0.2, 0) is 9.31 Å². The molecule has 0 bridgehead atoms. The fraction of sp³-hybridized carbons (Fsp3) is 0.150. The van der Waals surface area contributed by atoms with Gasteiger partial charge in [0, 0.05) is 24.8 Å². The van der Waals surface area contributed by atoms with Gasteiger partial charge in [-0.3, -0.25) is 9.97 Å². The SMILES string of the molecule is CC1(C)OB(c2cccc(-c3cccc(-c4cccc(-c5cc(-c6ccncc6)cc(-c6ccncc6)c5)c4)c3)c2)OC1(C)C. The fourth-order valence-corrected chi connectivity index (χ4v) is 5.82. The van der Waals surface area contributed by atoms with Crippen LogP contribution in [0.4, 0.5) is 0 Å². The van der Waals surface area contributed by atoms with Crippen molar-refractivity contribution in [1.29, 1.82) is 0 Å². The monoisotopic (exact) mass is 586 g/mol. The molecule has 0 atom stereocenters. The Labute approximate surface area is 265 Å². The maximum Gasteiger partial charge on any atom is 0.494 e. The van der Waals surface area contributed by atoms with E-state index >= 15 is 0 Å². The maximum absolute atomic E-state index is 6.33. The lowest BCUT2D eigenvalue weighted by Crippen LogP contribution is -2.41. The minimum Gasteiger partial charge on any atom is -0.399 e. The quantitative estimate of drug-likeness (QED) is 0.183. The lowest BCUT2D eigenvalue weighted by Gasteiger charge is -2.32. The third-order valence-corrected chi connectivity index (χ3v) is 9.10. The third-order valence-electron chi connectivity index (χ3n) is 9.10. The highest BCUT2D eigenvalue weighted by Crippen LogP contribution is 2.37. The number of nitrogens with zero attached hydrogens (tertiary/aromatic N) is 2. The average Bonchev–Trinajstić information content (AvgIpc) is 3.31. The summed E-state index contributed by atoms with van der Waals surface area (Å²) in [4.78, 5) is 8.44. The molecule has 0 aliphatic carbocycles. The number of pyridine rings is 2. The van der Waals surface area contributed by atoms with Crippen molar-refractivity contribution < 1.29 is 9.31 Å². The summed E-state index contributed by atoms with van der Waals surface area (Å²) in [7, 11) is -0.394. The fourth-order valence-electron chi connectivity index (χ4n) is 5.82. The van der Waals surface area contributed by atoms with Gasteiger partial charge in [-0.05, 0) is 143 Å². The molecule has 6 aromatic rings. The van der Waals surface area contributed by atoms with E-state index in [-0.39, 0.29) is 11.2 Å². The number of benzene rings is 4. The Morgan fingerprint density at radius 2 is 0.733 bits per heavy atom. The minimum atomic E-state index is -0.394. The molecule has 5 heteroatoms.